The maximum absolute atomic E-state index is 12.2. The number of hydrogen-bond acceptors (Lipinski definition) is 3. The Kier molecular flexibility index (Phi) is 3.42. The summed E-state index contributed by atoms with van der Waals surface area (Å²) in [5, 5.41) is 4.72. The second kappa shape index (κ2) is 5.21. The molecule has 2 aliphatic rings. The normalized spacial score (nSPS) is 22.3. The van der Waals surface area contributed by atoms with Crippen LogP contribution in [0.1, 0.15) is 24.8 Å². The van der Waals surface area contributed by atoms with E-state index >= 15 is 0 Å². The number of halogens is 1. The predicted molar refractivity (Wildman–Crippen MR) is 73.3 cm³/mol. The third-order valence-corrected chi connectivity index (χ3v) is 3.79. The molecule has 0 aromatic heterocycles. The van der Waals surface area contributed by atoms with Gasteiger partial charge in [0.15, 0.2) is 0 Å². The minimum absolute atomic E-state index is 0.0604. The molecule has 1 aromatic rings. The first-order valence-corrected chi connectivity index (χ1v) is 6.89. The largest absolute Gasteiger partial charge is 0.382 e. The van der Waals surface area contributed by atoms with Crippen LogP contribution < -0.4 is 0 Å². The van der Waals surface area contributed by atoms with Crippen LogP contribution in [0.2, 0.25) is 5.02 Å². The minimum atomic E-state index is -0.455. The van der Waals surface area contributed by atoms with Crippen molar-refractivity contribution in [2.75, 3.05) is 13.1 Å². The number of likely N-dealkylation sites (tertiary alicyclic amines) is 1. The summed E-state index contributed by atoms with van der Waals surface area (Å²) in [4.78, 5) is 19.3. The van der Waals surface area contributed by atoms with E-state index in [1.165, 1.54) is 0 Å². The van der Waals surface area contributed by atoms with Gasteiger partial charge in [0.1, 0.15) is 0 Å². The summed E-state index contributed by atoms with van der Waals surface area (Å²) in [6, 6.07) is 7.42. The Morgan fingerprint density at radius 2 is 1.95 bits per heavy atom. The highest BCUT2D eigenvalue weighted by atomic mass is 35.5. The average Bonchev–Trinajstić information content (AvgIpc) is 3.10. The summed E-state index contributed by atoms with van der Waals surface area (Å²) >= 11 is 5.85. The lowest BCUT2D eigenvalue weighted by molar-refractivity contribution is -0.140. The van der Waals surface area contributed by atoms with E-state index in [9.17, 15) is 4.79 Å². The number of carbonyl (C=O) groups is 1. The van der Waals surface area contributed by atoms with Crippen LogP contribution in [0.3, 0.4) is 0 Å². The van der Waals surface area contributed by atoms with Crippen molar-refractivity contribution in [1.82, 2.24) is 4.90 Å². The molecular weight excluding hydrogens is 264 g/mol. The maximum atomic E-state index is 12.2. The number of oxime groups is 1. The standard InChI is InChI=1S/C14H15ClN2O2/c15-11-5-3-10(4-6-11)12-9-13(19-16-12)14(18)17-7-1-2-8-17/h3-6,13H,1-2,7-9H2/t13-/m0/s1. The van der Waals surface area contributed by atoms with Crippen LogP contribution >= 0.6 is 11.6 Å². The average molecular weight is 279 g/mol. The van der Waals surface area contributed by atoms with Gasteiger partial charge in [0.05, 0.1) is 5.71 Å². The molecular formula is C14H15ClN2O2. The molecule has 19 heavy (non-hydrogen) atoms. The number of hydrogen-bond donors (Lipinski definition) is 0. The van der Waals surface area contributed by atoms with Gasteiger partial charge in [0, 0.05) is 24.5 Å². The van der Waals surface area contributed by atoms with Gasteiger partial charge in [-0.05, 0) is 30.5 Å². The Balaban J connectivity index is 1.65. The summed E-state index contributed by atoms with van der Waals surface area (Å²) in [5.41, 5.74) is 1.77. The Bertz CT molecular complexity index is 507. The SMILES string of the molecule is O=C([C@@H]1CC(c2ccc(Cl)cc2)=NO1)N1CCCC1. The molecule has 0 unspecified atom stereocenters. The first kappa shape index (κ1) is 12.5. The van der Waals surface area contributed by atoms with E-state index < -0.39 is 6.10 Å². The van der Waals surface area contributed by atoms with Crippen molar-refractivity contribution in [2.45, 2.75) is 25.4 Å². The van der Waals surface area contributed by atoms with Gasteiger partial charge in [-0.25, -0.2) is 0 Å². The Morgan fingerprint density at radius 3 is 2.63 bits per heavy atom. The summed E-state index contributed by atoms with van der Waals surface area (Å²) < 4.78 is 0. The molecule has 100 valence electrons. The predicted octanol–water partition coefficient (Wildman–Crippen LogP) is 2.46. The van der Waals surface area contributed by atoms with E-state index in [1.54, 1.807) is 0 Å². The zero-order chi connectivity index (χ0) is 13.2. The molecule has 1 saturated heterocycles. The lowest BCUT2D eigenvalue weighted by Gasteiger charge is -2.18. The molecule has 0 spiro atoms. The molecule has 0 aliphatic carbocycles. The van der Waals surface area contributed by atoms with Crippen molar-refractivity contribution in [3.63, 3.8) is 0 Å². The molecule has 5 heteroatoms. The van der Waals surface area contributed by atoms with Gasteiger partial charge in [-0.2, -0.15) is 0 Å². The first-order chi connectivity index (χ1) is 9.24. The number of nitrogens with zero attached hydrogens (tertiary/aromatic N) is 2. The maximum Gasteiger partial charge on any atom is 0.266 e. The van der Waals surface area contributed by atoms with E-state index in [-0.39, 0.29) is 5.91 Å². The monoisotopic (exact) mass is 278 g/mol. The minimum Gasteiger partial charge on any atom is -0.382 e. The highest BCUT2D eigenvalue weighted by Crippen LogP contribution is 2.21. The van der Waals surface area contributed by atoms with Crippen molar-refractivity contribution in [2.24, 2.45) is 5.16 Å². The molecule has 1 fully saturated rings. The molecule has 1 atom stereocenters. The van der Waals surface area contributed by atoms with Gasteiger partial charge < -0.3 is 9.74 Å². The fourth-order valence-electron chi connectivity index (χ4n) is 2.46. The first-order valence-electron chi connectivity index (χ1n) is 6.51. The van der Waals surface area contributed by atoms with E-state index in [4.69, 9.17) is 16.4 Å². The van der Waals surface area contributed by atoms with Crippen LogP contribution in [-0.2, 0) is 9.63 Å². The van der Waals surface area contributed by atoms with Crippen molar-refractivity contribution in [3.8, 4) is 0 Å². The third-order valence-electron chi connectivity index (χ3n) is 3.54. The second-order valence-electron chi connectivity index (χ2n) is 4.88. The highest BCUT2D eigenvalue weighted by Gasteiger charge is 2.33. The molecule has 0 saturated carbocycles. The van der Waals surface area contributed by atoms with E-state index in [2.05, 4.69) is 5.16 Å². The molecule has 0 N–H and O–H groups in total. The number of carbonyl (C=O) groups excluding carboxylic acids is 1. The Morgan fingerprint density at radius 1 is 1.26 bits per heavy atom. The van der Waals surface area contributed by atoms with E-state index in [0.717, 1.165) is 37.2 Å². The van der Waals surface area contributed by atoms with Crippen molar-refractivity contribution in [3.05, 3.63) is 34.9 Å². The van der Waals surface area contributed by atoms with Crippen LogP contribution in [0.15, 0.2) is 29.4 Å². The van der Waals surface area contributed by atoms with Crippen molar-refractivity contribution in [1.29, 1.82) is 0 Å². The lowest BCUT2D eigenvalue weighted by atomic mass is 10.0. The molecule has 0 bridgehead atoms. The zero-order valence-corrected chi connectivity index (χ0v) is 11.3. The Labute approximate surface area is 117 Å². The van der Waals surface area contributed by atoms with Crippen LogP contribution in [0, 0.1) is 0 Å². The smallest absolute Gasteiger partial charge is 0.266 e. The molecule has 2 heterocycles. The summed E-state index contributed by atoms with van der Waals surface area (Å²) in [6.07, 6.45) is 2.26. The highest BCUT2D eigenvalue weighted by molar-refractivity contribution is 6.30. The fourth-order valence-corrected chi connectivity index (χ4v) is 2.59. The third kappa shape index (κ3) is 2.59. The molecule has 1 aromatic carbocycles. The number of amides is 1. The van der Waals surface area contributed by atoms with Crippen LogP contribution in [0.5, 0.6) is 0 Å². The van der Waals surface area contributed by atoms with Gasteiger partial charge in [-0.1, -0.05) is 28.9 Å². The summed E-state index contributed by atoms with van der Waals surface area (Å²) in [6.45, 7) is 1.68. The van der Waals surface area contributed by atoms with E-state index in [1.807, 2.05) is 29.2 Å². The van der Waals surface area contributed by atoms with Crippen LogP contribution in [0.25, 0.3) is 0 Å². The van der Waals surface area contributed by atoms with Gasteiger partial charge in [-0.3, -0.25) is 4.79 Å². The lowest BCUT2D eigenvalue weighted by Crippen LogP contribution is -2.37. The molecule has 0 radical (unpaired) electrons. The van der Waals surface area contributed by atoms with Crippen LogP contribution in [-0.4, -0.2) is 35.7 Å². The van der Waals surface area contributed by atoms with Crippen molar-refractivity contribution < 1.29 is 9.63 Å². The quantitative estimate of drug-likeness (QED) is 0.834. The van der Waals surface area contributed by atoms with Gasteiger partial charge in [0.2, 0.25) is 6.10 Å². The van der Waals surface area contributed by atoms with Crippen LogP contribution in [0.4, 0.5) is 0 Å². The van der Waals surface area contributed by atoms with Gasteiger partial charge >= 0.3 is 0 Å². The van der Waals surface area contributed by atoms with Gasteiger partial charge in [-0.15, -0.1) is 0 Å². The molecule has 4 nitrogen and oxygen atoms in total. The van der Waals surface area contributed by atoms with Gasteiger partial charge in [0.25, 0.3) is 5.91 Å². The number of rotatable bonds is 2. The Hall–Kier alpha value is -1.55. The molecule has 1 amide bonds. The zero-order valence-electron chi connectivity index (χ0n) is 10.5. The van der Waals surface area contributed by atoms with Crippen molar-refractivity contribution >= 4 is 23.2 Å². The summed E-state index contributed by atoms with van der Waals surface area (Å²) in [5.74, 6) is 0.0604. The summed E-state index contributed by atoms with van der Waals surface area (Å²) in [7, 11) is 0. The second-order valence-corrected chi connectivity index (χ2v) is 5.31. The van der Waals surface area contributed by atoms with E-state index in [0.29, 0.717) is 11.4 Å². The topological polar surface area (TPSA) is 41.9 Å². The number of benzene rings is 1. The molecule has 3 rings (SSSR count). The fraction of sp³-hybridized carbons (Fsp3) is 0.429. The molecule has 2 aliphatic heterocycles.